The van der Waals surface area contributed by atoms with Gasteiger partial charge in [-0.25, -0.2) is 19.4 Å². The number of aromatic nitrogens is 5. The van der Waals surface area contributed by atoms with Gasteiger partial charge in [0.15, 0.2) is 0 Å². The van der Waals surface area contributed by atoms with E-state index in [4.69, 9.17) is 15.2 Å². The molecule has 0 radical (unpaired) electrons. The molecule has 0 bridgehead atoms. The molecule has 0 aliphatic carbocycles. The lowest BCUT2D eigenvalue weighted by Crippen LogP contribution is -2.07. The van der Waals surface area contributed by atoms with Gasteiger partial charge in [-0.2, -0.15) is 0 Å². The number of rotatable bonds is 7. The lowest BCUT2D eigenvalue weighted by atomic mass is 10.2. The predicted molar refractivity (Wildman–Crippen MR) is 97.0 cm³/mol. The van der Waals surface area contributed by atoms with Gasteiger partial charge in [-0.15, -0.1) is 5.10 Å². The van der Waals surface area contributed by atoms with Crippen LogP contribution in [0.2, 0.25) is 0 Å². The molecule has 27 heavy (non-hydrogen) atoms. The van der Waals surface area contributed by atoms with Crippen molar-refractivity contribution in [1.82, 2.24) is 25.0 Å². The molecule has 0 atom stereocenters. The van der Waals surface area contributed by atoms with Crippen molar-refractivity contribution in [2.45, 2.75) is 27.0 Å². The largest absolute Gasteiger partial charge is 0.487 e. The summed E-state index contributed by atoms with van der Waals surface area (Å²) < 4.78 is 12.3. The first kappa shape index (κ1) is 18.3. The van der Waals surface area contributed by atoms with Crippen LogP contribution in [0.15, 0.2) is 36.7 Å². The van der Waals surface area contributed by atoms with E-state index in [0.29, 0.717) is 41.8 Å². The highest BCUT2D eigenvalue weighted by atomic mass is 16.5. The summed E-state index contributed by atoms with van der Waals surface area (Å²) in [6, 6.07) is 6.73. The number of carbonyl (C=O) groups is 1. The fourth-order valence-electron chi connectivity index (χ4n) is 2.35. The number of nitrogens with zero attached hydrogens (tertiary/aromatic N) is 5. The van der Waals surface area contributed by atoms with Gasteiger partial charge in [-0.3, -0.25) is 0 Å². The Bertz CT molecular complexity index is 923. The summed E-state index contributed by atoms with van der Waals surface area (Å²) in [6.07, 6.45) is 3.45. The number of ether oxygens (including phenoxy) is 2. The van der Waals surface area contributed by atoms with Crippen molar-refractivity contribution in [1.29, 1.82) is 0 Å². The number of hydrogen-bond acceptors (Lipinski definition) is 8. The zero-order chi connectivity index (χ0) is 19.2. The standard InChI is InChI=1S/C18H20N6O3/c1-3-26-18(25)13-4-6-16(7-5-13)27-11-15-10-24(23-22-15)9-14-8-20-12(2)21-17(14)19/h4-8,10H,3,9,11H2,1-2H3,(H2,19,20,21). The lowest BCUT2D eigenvalue weighted by Gasteiger charge is -2.06. The minimum Gasteiger partial charge on any atom is -0.487 e. The molecule has 0 aliphatic heterocycles. The van der Waals surface area contributed by atoms with Crippen LogP contribution >= 0.6 is 0 Å². The molecule has 0 saturated carbocycles. The Labute approximate surface area is 156 Å². The first-order chi connectivity index (χ1) is 13.0. The summed E-state index contributed by atoms with van der Waals surface area (Å²) in [6.45, 7) is 4.56. The second-order valence-corrected chi connectivity index (χ2v) is 5.77. The van der Waals surface area contributed by atoms with Crippen molar-refractivity contribution in [3.63, 3.8) is 0 Å². The van der Waals surface area contributed by atoms with E-state index in [0.717, 1.165) is 5.56 Å². The molecule has 2 heterocycles. The molecule has 0 unspecified atom stereocenters. The molecule has 9 heteroatoms. The third-order valence-electron chi connectivity index (χ3n) is 3.69. The van der Waals surface area contributed by atoms with Crippen LogP contribution in [0.3, 0.4) is 0 Å². The zero-order valence-corrected chi connectivity index (χ0v) is 15.1. The second kappa shape index (κ2) is 8.26. The fraction of sp³-hybridized carbons (Fsp3) is 0.278. The lowest BCUT2D eigenvalue weighted by molar-refractivity contribution is 0.0526. The molecule has 3 aromatic rings. The van der Waals surface area contributed by atoms with Crippen LogP contribution in [0, 0.1) is 6.92 Å². The van der Waals surface area contributed by atoms with Crippen molar-refractivity contribution in [3.8, 4) is 5.75 Å². The van der Waals surface area contributed by atoms with Crippen molar-refractivity contribution in [2.75, 3.05) is 12.3 Å². The molecule has 0 fully saturated rings. The Morgan fingerprint density at radius 2 is 2.04 bits per heavy atom. The fourth-order valence-corrected chi connectivity index (χ4v) is 2.35. The number of nitrogens with two attached hydrogens (primary N) is 1. The summed E-state index contributed by atoms with van der Waals surface area (Å²) in [5.74, 6) is 1.32. The quantitative estimate of drug-likeness (QED) is 0.627. The van der Waals surface area contributed by atoms with E-state index in [1.54, 1.807) is 55.2 Å². The summed E-state index contributed by atoms with van der Waals surface area (Å²) in [4.78, 5) is 19.9. The zero-order valence-electron chi connectivity index (χ0n) is 15.1. The Balaban J connectivity index is 1.57. The molecule has 9 nitrogen and oxygen atoms in total. The number of hydrogen-bond donors (Lipinski definition) is 1. The Hall–Kier alpha value is -3.49. The van der Waals surface area contributed by atoms with Crippen LogP contribution in [0.25, 0.3) is 0 Å². The number of benzene rings is 1. The van der Waals surface area contributed by atoms with Crippen LogP contribution in [-0.4, -0.2) is 37.5 Å². The van der Waals surface area contributed by atoms with Crippen LogP contribution in [-0.2, 0) is 17.9 Å². The normalized spacial score (nSPS) is 10.6. The van der Waals surface area contributed by atoms with E-state index >= 15 is 0 Å². The minimum atomic E-state index is -0.355. The third kappa shape index (κ3) is 4.78. The van der Waals surface area contributed by atoms with Gasteiger partial charge >= 0.3 is 5.97 Å². The predicted octanol–water partition coefficient (Wildman–Crippen LogP) is 1.76. The topological polar surface area (TPSA) is 118 Å². The first-order valence-electron chi connectivity index (χ1n) is 8.42. The molecule has 3 rings (SSSR count). The van der Waals surface area contributed by atoms with E-state index in [1.165, 1.54) is 0 Å². The molecule has 0 spiro atoms. The number of anilines is 1. The van der Waals surface area contributed by atoms with Crippen molar-refractivity contribution < 1.29 is 14.3 Å². The van der Waals surface area contributed by atoms with Gasteiger partial charge in [0.2, 0.25) is 0 Å². The third-order valence-corrected chi connectivity index (χ3v) is 3.69. The molecular formula is C18H20N6O3. The minimum absolute atomic E-state index is 0.249. The van der Waals surface area contributed by atoms with E-state index in [-0.39, 0.29) is 12.6 Å². The number of esters is 1. The average molecular weight is 368 g/mol. The van der Waals surface area contributed by atoms with Crippen molar-refractivity contribution in [3.05, 3.63) is 59.3 Å². The first-order valence-corrected chi connectivity index (χ1v) is 8.42. The average Bonchev–Trinajstić information content (AvgIpc) is 3.10. The van der Waals surface area contributed by atoms with Gasteiger partial charge in [-0.05, 0) is 38.1 Å². The maximum absolute atomic E-state index is 11.6. The molecule has 140 valence electrons. The number of aryl methyl sites for hydroxylation is 1. The van der Waals surface area contributed by atoms with E-state index in [2.05, 4.69) is 20.3 Å². The molecule has 1 aromatic carbocycles. The highest BCUT2D eigenvalue weighted by molar-refractivity contribution is 5.89. The number of carbonyl (C=O) groups excluding carboxylic acids is 1. The maximum atomic E-state index is 11.6. The van der Waals surface area contributed by atoms with Gasteiger partial charge in [0.25, 0.3) is 0 Å². The Kier molecular flexibility index (Phi) is 5.60. The monoisotopic (exact) mass is 368 g/mol. The summed E-state index contributed by atoms with van der Waals surface area (Å²) in [7, 11) is 0. The van der Waals surface area contributed by atoms with E-state index in [1.807, 2.05) is 0 Å². The Morgan fingerprint density at radius 3 is 2.74 bits per heavy atom. The van der Waals surface area contributed by atoms with Crippen LogP contribution in [0.4, 0.5) is 5.82 Å². The molecule has 0 saturated heterocycles. The van der Waals surface area contributed by atoms with E-state index < -0.39 is 0 Å². The molecular weight excluding hydrogens is 348 g/mol. The summed E-state index contributed by atoms with van der Waals surface area (Å²) in [5.41, 5.74) is 7.81. The van der Waals surface area contributed by atoms with Gasteiger partial charge in [0.05, 0.1) is 24.9 Å². The second-order valence-electron chi connectivity index (χ2n) is 5.77. The van der Waals surface area contributed by atoms with Gasteiger partial charge < -0.3 is 15.2 Å². The van der Waals surface area contributed by atoms with Crippen molar-refractivity contribution in [2.24, 2.45) is 0 Å². The molecule has 0 amide bonds. The molecule has 2 N–H and O–H groups in total. The highest BCUT2D eigenvalue weighted by Gasteiger charge is 2.08. The van der Waals surface area contributed by atoms with Gasteiger partial charge in [0, 0.05) is 11.8 Å². The smallest absolute Gasteiger partial charge is 0.338 e. The van der Waals surface area contributed by atoms with Crippen LogP contribution in [0.1, 0.15) is 34.4 Å². The maximum Gasteiger partial charge on any atom is 0.338 e. The number of nitrogen functional groups attached to an aromatic ring is 1. The van der Waals surface area contributed by atoms with Gasteiger partial charge in [0.1, 0.15) is 29.7 Å². The summed E-state index contributed by atoms with van der Waals surface area (Å²) >= 11 is 0. The van der Waals surface area contributed by atoms with Gasteiger partial charge in [-0.1, -0.05) is 5.21 Å². The highest BCUT2D eigenvalue weighted by Crippen LogP contribution is 2.15. The van der Waals surface area contributed by atoms with Crippen LogP contribution < -0.4 is 10.5 Å². The van der Waals surface area contributed by atoms with Crippen LogP contribution in [0.5, 0.6) is 5.75 Å². The summed E-state index contributed by atoms with van der Waals surface area (Å²) in [5, 5.41) is 8.14. The SMILES string of the molecule is CCOC(=O)c1ccc(OCc2cn(Cc3cnc(C)nc3N)nn2)cc1. The Morgan fingerprint density at radius 1 is 1.26 bits per heavy atom. The van der Waals surface area contributed by atoms with E-state index in [9.17, 15) is 4.79 Å². The molecule has 0 aliphatic rings. The molecule has 2 aromatic heterocycles. The van der Waals surface area contributed by atoms with Crippen molar-refractivity contribution >= 4 is 11.8 Å².